The molecule has 2 saturated heterocycles. The molecule has 3 aromatic heterocycles. The number of pyridine rings is 3. The second-order valence-corrected chi connectivity index (χ2v) is 22.5. The highest BCUT2D eigenvalue weighted by Crippen LogP contribution is 2.43. The van der Waals surface area contributed by atoms with Crippen LogP contribution in [0.15, 0.2) is 225 Å². The van der Waals surface area contributed by atoms with E-state index in [1.807, 2.05) is 48.9 Å². The van der Waals surface area contributed by atoms with Crippen molar-refractivity contribution in [1.82, 2.24) is 15.0 Å². The number of hydrogen-bond acceptors (Lipinski definition) is 7. The highest BCUT2D eigenvalue weighted by Gasteiger charge is 2.52. The minimum atomic E-state index is -0.460. The molecule has 5 heterocycles. The summed E-state index contributed by atoms with van der Waals surface area (Å²) in [6.45, 7) is 16.6. The van der Waals surface area contributed by atoms with Gasteiger partial charge in [0.2, 0.25) is 0 Å². The quantitative estimate of drug-likeness (QED) is 0.119. The highest BCUT2D eigenvalue weighted by atomic mass is 16.7. The first-order valence-corrected chi connectivity index (χ1v) is 26.9. The zero-order valence-corrected chi connectivity index (χ0v) is 45.5. The predicted molar refractivity (Wildman–Crippen MR) is 320 cm³/mol. The van der Waals surface area contributed by atoms with E-state index in [4.69, 9.17) is 33.6 Å². The smallest absolute Gasteiger partial charge is 0.399 e. The maximum absolute atomic E-state index is 6.41. The fourth-order valence-electron chi connectivity index (χ4n) is 10.5. The molecule has 0 spiro atoms. The Morgan fingerprint density at radius 3 is 0.846 bits per heavy atom. The van der Waals surface area contributed by atoms with Gasteiger partial charge in [-0.2, -0.15) is 0 Å². The van der Waals surface area contributed by atoms with Gasteiger partial charge in [-0.25, -0.2) is 0 Å². The molecular weight excluding hydrogens is 956 g/mol. The molecule has 0 atom stereocenters. The summed E-state index contributed by atoms with van der Waals surface area (Å²) in [6.07, 6.45) is 5.97. The van der Waals surface area contributed by atoms with Crippen LogP contribution in [0.3, 0.4) is 0 Å². The molecule has 0 unspecified atom stereocenters. The molecule has 7 aromatic carbocycles. The largest absolute Gasteiger partial charge is 0.494 e. The molecule has 9 heteroatoms. The zero-order chi connectivity index (χ0) is 53.8. The molecule has 0 N–H and O–H groups in total. The van der Waals surface area contributed by atoms with Crippen LogP contribution in [0.25, 0.3) is 101 Å². The van der Waals surface area contributed by atoms with E-state index in [0.717, 1.165) is 111 Å². The minimum absolute atomic E-state index is 0.433. The van der Waals surface area contributed by atoms with E-state index in [1.54, 1.807) is 0 Å². The third kappa shape index (κ3) is 9.73. The Kier molecular flexibility index (Phi) is 13.1. The average molecular weight is 1020 g/mol. The molecule has 0 aliphatic carbocycles. The van der Waals surface area contributed by atoms with E-state index >= 15 is 0 Å². The Morgan fingerprint density at radius 1 is 0.256 bits per heavy atom. The monoisotopic (exact) mass is 1020 g/mol. The van der Waals surface area contributed by atoms with E-state index in [0.29, 0.717) is 0 Å². The molecule has 382 valence electrons. The van der Waals surface area contributed by atoms with Gasteiger partial charge in [0.05, 0.1) is 39.5 Å². The molecule has 7 nitrogen and oxygen atoms in total. The number of nitrogens with zero attached hydrogens (tertiary/aromatic N) is 3. The fourth-order valence-corrected chi connectivity index (χ4v) is 10.5. The van der Waals surface area contributed by atoms with Gasteiger partial charge in [-0.3, -0.25) is 15.0 Å². The van der Waals surface area contributed by atoms with E-state index in [9.17, 15) is 0 Å². The zero-order valence-electron chi connectivity index (χ0n) is 45.5. The summed E-state index contributed by atoms with van der Waals surface area (Å²) in [6, 6.07) is 72.7. The van der Waals surface area contributed by atoms with Crippen molar-refractivity contribution in [2.45, 2.75) is 77.8 Å². The first kappa shape index (κ1) is 50.8. The van der Waals surface area contributed by atoms with Crippen LogP contribution < -0.4 is 10.9 Å². The first-order valence-electron chi connectivity index (χ1n) is 26.9. The highest BCUT2D eigenvalue weighted by molar-refractivity contribution is 6.62. The Balaban J connectivity index is 0.926. The maximum atomic E-state index is 6.41. The van der Waals surface area contributed by atoms with Gasteiger partial charge >= 0.3 is 14.2 Å². The first-order chi connectivity index (χ1) is 37.6. The lowest BCUT2D eigenvalue weighted by Crippen LogP contribution is -2.41. The molecule has 0 amide bonds. The normalized spacial score (nSPS) is 16.1. The average Bonchev–Trinajstić information content (AvgIpc) is 3.89. The molecule has 12 rings (SSSR count). The van der Waals surface area contributed by atoms with Gasteiger partial charge in [-0.05, 0) is 164 Å². The van der Waals surface area contributed by atoms with E-state index < -0.39 is 36.6 Å². The Labute approximate surface area is 459 Å². The van der Waals surface area contributed by atoms with Gasteiger partial charge in [0.1, 0.15) is 0 Å². The lowest BCUT2D eigenvalue weighted by molar-refractivity contribution is 0.00578. The second-order valence-electron chi connectivity index (χ2n) is 22.5. The molecule has 78 heavy (non-hydrogen) atoms. The summed E-state index contributed by atoms with van der Waals surface area (Å²) >= 11 is 0. The summed E-state index contributed by atoms with van der Waals surface area (Å²) in [4.78, 5) is 15.1. The van der Waals surface area contributed by atoms with Crippen molar-refractivity contribution >= 4 is 25.2 Å². The lowest BCUT2D eigenvalue weighted by Gasteiger charge is -2.32. The van der Waals surface area contributed by atoms with Crippen LogP contribution in [-0.4, -0.2) is 51.6 Å². The van der Waals surface area contributed by atoms with Crippen LogP contribution in [0.5, 0.6) is 0 Å². The molecule has 0 radical (unpaired) electrons. The fraction of sp³-hybridized carbons (Fsp3) is 0.174. The molecular formula is C69H61B2N3O4. The summed E-state index contributed by atoms with van der Waals surface area (Å²) in [5.41, 5.74) is 18.8. The number of hydrogen-bond donors (Lipinski definition) is 0. The van der Waals surface area contributed by atoms with Crippen molar-refractivity contribution in [2.75, 3.05) is 0 Å². The standard InChI is InChI=1S/C69H61B2N3O4/c1-66(2)67(3,4)76-70(75-66)55-24-18-22-47(41-55)64-36-33-50(44-73-64)58-27-13-16-30-61(58)53-38-52(60-29-15-12-26-57(60)49-32-35-63(72-43-49)46-20-10-9-11-21-46)39-54(40-53)62-31-17-14-28-59(62)51-34-37-65(74-45-51)48-23-19-25-56(42-48)71-77-68(5,6)69(7,8)78-71/h9-45H,1-8H3. The van der Waals surface area contributed by atoms with Crippen LogP contribution in [0.4, 0.5) is 0 Å². The Bertz CT molecular complexity index is 3610. The summed E-state index contributed by atoms with van der Waals surface area (Å²) < 4.78 is 25.7. The van der Waals surface area contributed by atoms with Gasteiger partial charge in [0.25, 0.3) is 0 Å². The predicted octanol–water partition coefficient (Wildman–Crippen LogP) is 15.5. The van der Waals surface area contributed by atoms with Crippen molar-refractivity contribution in [1.29, 1.82) is 0 Å². The lowest BCUT2D eigenvalue weighted by atomic mass is 9.78. The van der Waals surface area contributed by atoms with E-state index in [2.05, 4.69) is 231 Å². The van der Waals surface area contributed by atoms with Gasteiger partial charge < -0.3 is 18.6 Å². The van der Waals surface area contributed by atoms with Crippen molar-refractivity contribution < 1.29 is 18.6 Å². The third-order valence-corrected chi connectivity index (χ3v) is 16.4. The number of rotatable bonds is 11. The molecule has 2 fully saturated rings. The van der Waals surface area contributed by atoms with Gasteiger partial charge in [-0.1, -0.05) is 170 Å². The van der Waals surface area contributed by atoms with Crippen LogP contribution in [0.1, 0.15) is 55.4 Å². The van der Waals surface area contributed by atoms with Gasteiger partial charge in [0, 0.05) is 40.8 Å². The van der Waals surface area contributed by atoms with Crippen molar-refractivity contribution in [2.24, 2.45) is 0 Å². The molecule has 10 aromatic rings. The SMILES string of the molecule is CC1(C)OB(c2cccc(-c3ccc(-c4ccccc4-c4cc(-c5ccccc5-c5ccc(-c6ccccc6)nc5)cc(-c5ccccc5-c5ccc(-c6cccc(B7OC(C)(C)C(C)(C)O7)c6)nc5)c4)cn3)c2)OC1(C)C. The molecule has 2 aliphatic rings. The molecule has 0 saturated carbocycles. The maximum Gasteiger partial charge on any atom is 0.494 e. The van der Waals surface area contributed by atoms with E-state index in [1.165, 1.54) is 0 Å². The van der Waals surface area contributed by atoms with Crippen LogP contribution in [0.2, 0.25) is 0 Å². The van der Waals surface area contributed by atoms with Crippen LogP contribution >= 0.6 is 0 Å². The van der Waals surface area contributed by atoms with E-state index in [-0.39, 0.29) is 0 Å². The summed E-state index contributed by atoms with van der Waals surface area (Å²) in [5, 5.41) is 0. The molecule has 0 bridgehead atoms. The van der Waals surface area contributed by atoms with Crippen molar-refractivity contribution in [3.05, 3.63) is 225 Å². The number of aromatic nitrogens is 3. The summed E-state index contributed by atoms with van der Waals surface area (Å²) in [5.74, 6) is 0. The Morgan fingerprint density at radius 2 is 0.538 bits per heavy atom. The Hall–Kier alpha value is -8.04. The minimum Gasteiger partial charge on any atom is -0.399 e. The van der Waals surface area contributed by atoms with Crippen LogP contribution in [0, 0.1) is 0 Å². The van der Waals surface area contributed by atoms with Gasteiger partial charge in [-0.15, -0.1) is 0 Å². The van der Waals surface area contributed by atoms with Crippen molar-refractivity contribution in [3.63, 3.8) is 0 Å². The summed E-state index contributed by atoms with van der Waals surface area (Å²) in [7, 11) is -0.920. The number of benzene rings is 7. The topological polar surface area (TPSA) is 75.6 Å². The van der Waals surface area contributed by atoms with Gasteiger partial charge in [0.15, 0.2) is 0 Å². The second kappa shape index (κ2) is 20.1. The van der Waals surface area contributed by atoms with Crippen molar-refractivity contribution in [3.8, 4) is 101 Å². The van der Waals surface area contributed by atoms with Crippen LogP contribution in [-0.2, 0) is 18.6 Å². The third-order valence-electron chi connectivity index (χ3n) is 16.4. The molecule has 2 aliphatic heterocycles.